The van der Waals surface area contributed by atoms with E-state index in [1.54, 1.807) is 6.92 Å². The molecule has 4 heteroatoms. The summed E-state index contributed by atoms with van der Waals surface area (Å²) >= 11 is 5.11. The zero-order valence-corrected chi connectivity index (χ0v) is 11.1. The zero-order valence-electron chi connectivity index (χ0n) is 10.3. The second kappa shape index (κ2) is 5.00. The number of hydrogen-bond donors (Lipinski definition) is 1. The Hall–Kier alpha value is -1.16. The minimum atomic E-state index is 0.163. The van der Waals surface area contributed by atoms with Crippen molar-refractivity contribution in [3.63, 3.8) is 0 Å². The van der Waals surface area contributed by atoms with E-state index in [9.17, 15) is 4.79 Å². The molecule has 0 radical (unpaired) electrons. The van der Waals surface area contributed by atoms with Gasteiger partial charge in [-0.25, -0.2) is 0 Å². The molecule has 1 fully saturated rings. The molecule has 1 amide bonds. The van der Waals surface area contributed by atoms with Crippen LogP contribution in [0.5, 0.6) is 0 Å². The second-order valence-electron chi connectivity index (χ2n) is 4.63. The lowest BCUT2D eigenvalue weighted by Crippen LogP contribution is -2.37. The molecule has 0 saturated carbocycles. The van der Waals surface area contributed by atoms with Crippen LogP contribution >= 0.6 is 12.2 Å². The Bertz CT molecular complexity index is 481. The van der Waals surface area contributed by atoms with Crippen molar-refractivity contribution in [2.75, 3.05) is 6.54 Å². The van der Waals surface area contributed by atoms with Gasteiger partial charge < -0.3 is 9.88 Å². The third kappa shape index (κ3) is 2.57. The van der Waals surface area contributed by atoms with Gasteiger partial charge in [0.25, 0.3) is 0 Å². The normalized spacial score (nSPS) is 20.4. The summed E-state index contributed by atoms with van der Waals surface area (Å²) in [6, 6.07) is 4.18. The Labute approximate surface area is 107 Å². The number of aromatic amines is 1. The Kier molecular flexibility index (Phi) is 3.62. The minimum absolute atomic E-state index is 0.163. The summed E-state index contributed by atoms with van der Waals surface area (Å²) in [6.07, 6.45) is 3.34. The number of piperidine rings is 1. The first kappa shape index (κ1) is 12.3. The van der Waals surface area contributed by atoms with Gasteiger partial charge in [0.1, 0.15) is 4.64 Å². The average molecular weight is 250 g/mol. The second-order valence-corrected chi connectivity index (χ2v) is 5.07. The summed E-state index contributed by atoms with van der Waals surface area (Å²) in [6.45, 7) is 4.55. The van der Waals surface area contributed by atoms with Gasteiger partial charge in [0.15, 0.2) is 0 Å². The SMILES string of the molecule is CC(=O)N1CCCC[C@@H]1c1ccc(=S)[nH]c1C. The van der Waals surface area contributed by atoms with Crippen molar-refractivity contribution in [2.24, 2.45) is 0 Å². The molecule has 1 saturated heterocycles. The van der Waals surface area contributed by atoms with E-state index in [4.69, 9.17) is 12.2 Å². The van der Waals surface area contributed by atoms with Gasteiger partial charge in [-0.15, -0.1) is 0 Å². The number of amides is 1. The minimum Gasteiger partial charge on any atom is -0.350 e. The van der Waals surface area contributed by atoms with Gasteiger partial charge in [0, 0.05) is 19.2 Å². The van der Waals surface area contributed by atoms with Crippen LogP contribution in [0.25, 0.3) is 0 Å². The summed E-state index contributed by atoms with van der Waals surface area (Å²) in [4.78, 5) is 16.8. The molecule has 0 unspecified atom stereocenters. The van der Waals surface area contributed by atoms with E-state index in [2.05, 4.69) is 11.1 Å². The average Bonchev–Trinajstić information content (AvgIpc) is 2.29. The van der Waals surface area contributed by atoms with Crippen molar-refractivity contribution < 1.29 is 4.79 Å². The largest absolute Gasteiger partial charge is 0.350 e. The number of likely N-dealkylation sites (tertiary alicyclic amines) is 1. The number of nitrogens with zero attached hydrogens (tertiary/aromatic N) is 1. The molecular formula is C13H18N2OS. The third-order valence-corrected chi connectivity index (χ3v) is 3.66. The van der Waals surface area contributed by atoms with E-state index in [-0.39, 0.29) is 11.9 Å². The fraction of sp³-hybridized carbons (Fsp3) is 0.538. The highest BCUT2D eigenvalue weighted by molar-refractivity contribution is 7.71. The van der Waals surface area contributed by atoms with E-state index >= 15 is 0 Å². The number of carbonyl (C=O) groups is 1. The molecule has 17 heavy (non-hydrogen) atoms. The maximum Gasteiger partial charge on any atom is 0.219 e. The van der Waals surface area contributed by atoms with Crippen molar-refractivity contribution in [1.82, 2.24) is 9.88 Å². The van der Waals surface area contributed by atoms with Crippen LogP contribution in [0.2, 0.25) is 0 Å². The first-order valence-electron chi connectivity index (χ1n) is 6.06. The van der Waals surface area contributed by atoms with Crippen molar-refractivity contribution in [2.45, 2.75) is 39.2 Å². The van der Waals surface area contributed by atoms with E-state index in [0.29, 0.717) is 0 Å². The summed E-state index contributed by atoms with van der Waals surface area (Å²) in [5.74, 6) is 0.163. The van der Waals surface area contributed by atoms with E-state index < -0.39 is 0 Å². The van der Waals surface area contributed by atoms with Crippen LogP contribution < -0.4 is 0 Å². The molecule has 1 atom stereocenters. The Morgan fingerprint density at radius 2 is 2.24 bits per heavy atom. The highest BCUT2D eigenvalue weighted by atomic mass is 32.1. The lowest BCUT2D eigenvalue weighted by Gasteiger charge is -2.36. The molecule has 1 aliphatic rings. The summed E-state index contributed by atoms with van der Waals surface area (Å²) in [5, 5.41) is 0. The summed E-state index contributed by atoms with van der Waals surface area (Å²) in [5.41, 5.74) is 2.28. The number of aryl methyl sites for hydroxylation is 1. The number of H-pyrrole nitrogens is 1. The molecular weight excluding hydrogens is 232 g/mol. The van der Waals surface area contributed by atoms with Crippen LogP contribution in [0.3, 0.4) is 0 Å². The van der Waals surface area contributed by atoms with Crippen molar-refractivity contribution in [1.29, 1.82) is 0 Å². The molecule has 92 valence electrons. The molecule has 0 aromatic carbocycles. The molecule has 3 nitrogen and oxygen atoms in total. The maximum absolute atomic E-state index is 11.7. The standard InChI is InChI=1S/C13H18N2OS/c1-9-11(6-7-13(17)14-9)12-5-3-4-8-15(12)10(2)16/h6-7,12H,3-5,8H2,1-2H3,(H,14,17)/t12-/m1/s1. The molecule has 0 spiro atoms. The van der Waals surface area contributed by atoms with Crippen molar-refractivity contribution in [3.8, 4) is 0 Å². The Morgan fingerprint density at radius 3 is 2.88 bits per heavy atom. The Balaban J connectivity index is 2.36. The quantitative estimate of drug-likeness (QED) is 0.777. The molecule has 0 aliphatic carbocycles. The van der Waals surface area contributed by atoms with Gasteiger partial charge in [0.05, 0.1) is 6.04 Å². The fourth-order valence-corrected chi connectivity index (χ4v) is 2.80. The molecule has 2 rings (SSSR count). The number of hydrogen-bond acceptors (Lipinski definition) is 2. The van der Waals surface area contributed by atoms with Gasteiger partial charge in [-0.05, 0) is 37.8 Å². The van der Waals surface area contributed by atoms with E-state index in [1.165, 1.54) is 12.0 Å². The number of aromatic nitrogens is 1. The highest BCUT2D eigenvalue weighted by Gasteiger charge is 2.26. The number of rotatable bonds is 1. The van der Waals surface area contributed by atoms with E-state index in [1.807, 2.05) is 17.9 Å². The van der Waals surface area contributed by atoms with Crippen LogP contribution in [0.15, 0.2) is 12.1 Å². The molecule has 1 aliphatic heterocycles. The van der Waals surface area contributed by atoms with Crippen LogP contribution in [0, 0.1) is 11.6 Å². The molecule has 1 aromatic rings. The molecule has 1 aromatic heterocycles. The lowest BCUT2D eigenvalue weighted by atomic mass is 9.94. The van der Waals surface area contributed by atoms with Gasteiger partial charge in [-0.3, -0.25) is 4.79 Å². The highest BCUT2D eigenvalue weighted by Crippen LogP contribution is 2.31. The summed E-state index contributed by atoms with van der Waals surface area (Å²) in [7, 11) is 0. The van der Waals surface area contributed by atoms with E-state index in [0.717, 1.165) is 29.7 Å². The number of carbonyl (C=O) groups excluding carboxylic acids is 1. The first-order chi connectivity index (χ1) is 8.09. The monoisotopic (exact) mass is 250 g/mol. The fourth-order valence-electron chi connectivity index (χ4n) is 2.58. The van der Waals surface area contributed by atoms with Crippen LogP contribution in [-0.4, -0.2) is 22.3 Å². The molecule has 1 N–H and O–H groups in total. The maximum atomic E-state index is 11.7. The third-order valence-electron chi connectivity index (χ3n) is 3.42. The zero-order chi connectivity index (χ0) is 12.4. The first-order valence-corrected chi connectivity index (χ1v) is 6.47. The smallest absolute Gasteiger partial charge is 0.219 e. The predicted molar refractivity (Wildman–Crippen MR) is 70.3 cm³/mol. The topological polar surface area (TPSA) is 36.1 Å². The van der Waals surface area contributed by atoms with Gasteiger partial charge in [-0.2, -0.15) is 0 Å². The number of nitrogens with one attached hydrogen (secondary N) is 1. The van der Waals surface area contributed by atoms with Gasteiger partial charge in [-0.1, -0.05) is 18.3 Å². The number of pyridine rings is 1. The van der Waals surface area contributed by atoms with Crippen molar-refractivity contribution in [3.05, 3.63) is 28.0 Å². The Morgan fingerprint density at radius 1 is 1.47 bits per heavy atom. The predicted octanol–water partition coefficient (Wildman–Crippen LogP) is 3.13. The summed E-state index contributed by atoms with van der Waals surface area (Å²) < 4.78 is 0.747. The lowest BCUT2D eigenvalue weighted by molar-refractivity contribution is -0.132. The van der Waals surface area contributed by atoms with Crippen LogP contribution in [-0.2, 0) is 4.79 Å². The van der Waals surface area contributed by atoms with Crippen LogP contribution in [0.4, 0.5) is 0 Å². The van der Waals surface area contributed by atoms with Crippen molar-refractivity contribution >= 4 is 18.1 Å². The molecule has 2 heterocycles. The van der Waals surface area contributed by atoms with Crippen LogP contribution in [0.1, 0.15) is 43.5 Å². The molecule has 0 bridgehead atoms. The van der Waals surface area contributed by atoms with Gasteiger partial charge >= 0.3 is 0 Å². The van der Waals surface area contributed by atoms with Gasteiger partial charge in [0.2, 0.25) is 5.91 Å².